The Hall–Kier alpha value is -0.350. The van der Waals surface area contributed by atoms with E-state index in [0.29, 0.717) is 4.90 Å². The number of benzene rings is 1. The summed E-state index contributed by atoms with van der Waals surface area (Å²) in [5.41, 5.74) is 0.916. The first-order valence-corrected chi connectivity index (χ1v) is 10.1. The molecular formula is C16H23BrO2S. The minimum absolute atomic E-state index is 0.0842. The molecule has 0 N–H and O–H groups in total. The monoisotopic (exact) mass is 358 g/mol. The van der Waals surface area contributed by atoms with Crippen molar-refractivity contribution in [3.63, 3.8) is 0 Å². The van der Waals surface area contributed by atoms with Gasteiger partial charge in [0.1, 0.15) is 0 Å². The Morgan fingerprint density at radius 1 is 1.15 bits per heavy atom. The minimum Gasteiger partial charge on any atom is -0.224 e. The number of hydrogen-bond acceptors (Lipinski definition) is 2. The normalized spacial score (nSPS) is 19.5. The Labute approximate surface area is 131 Å². The van der Waals surface area contributed by atoms with E-state index in [0.717, 1.165) is 36.6 Å². The maximum atomic E-state index is 12.7. The van der Waals surface area contributed by atoms with E-state index in [-0.39, 0.29) is 11.2 Å². The van der Waals surface area contributed by atoms with Crippen LogP contribution in [0.5, 0.6) is 0 Å². The van der Waals surface area contributed by atoms with Crippen LogP contribution in [0.2, 0.25) is 0 Å². The third kappa shape index (κ3) is 3.85. The summed E-state index contributed by atoms with van der Waals surface area (Å²) in [6.07, 6.45) is 6.80. The topological polar surface area (TPSA) is 34.1 Å². The standard InChI is InChI=1S/C16H23BrO2S/c1-14-7-6-8-15(11-14)20(18,19)13-16(12-17)9-4-2-3-5-10-16/h6-8,11H,2-5,9-10,12-13H2,1H3. The van der Waals surface area contributed by atoms with E-state index >= 15 is 0 Å². The molecule has 1 saturated carbocycles. The highest BCUT2D eigenvalue weighted by molar-refractivity contribution is 9.09. The summed E-state index contributed by atoms with van der Waals surface area (Å²) >= 11 is 3.58. The van der Waals surface area contributed by atoms with E-state index in [9.17, 15) is 8.42 Å². The highest BCUT2D eigenvalue weighted by Gasteiger charge is 2.35. The number of aryl methyl sites for hydroxylation is 1. The van der Waals surface area contributed by atoms with Gasteiger partial charge in [-0.2, -0.15) is 0 Å². The van der Waals surface area contributed by atoms with Crippen LogP contribution < -0.4 is 0 Å². The van der Waals surface area contributed by atoms with Crippen LogP contribution in [0.4, 0.5) is 0 Å². The van der Waals surface area contributed by atoms with Gasteiger partial charge in [0.25, 0.3) is 0 Å². The first kappa shape index (κ1) is 16.0. The van der Waals surface area contributed by atoms with Crippen LogP contribution in [0.25, 0.3) is 0 Å². The fourth-order valence-corrected chi connectivity index (χ4v) is 6.13. The van der Waals surface area contributed by atoms with Crippen molar-refractivity contribution in [3.05, 3.63) is 29.8 Å². The number of alkyl halides is 1. The first-order valence-electron chi connectivity index (χ1n) is 7.33. The summed E-state index contributed by atoms with van der Waals surface area (Å²) in [7, 11) is -3.20. The van der Waals surface area contributed by atoms with Crippen molar-refractivity contribution >= 4 is 25.8 Å². The van der Waals surface area contributed by atoms with Crippen molar-refractivity contribution in [2.24, 2.45) is 5.41 Å². The average molecular weight is 359 g/mol. The van der Waals surface area contributed by atoms with E-state index in [2.05, 4.69) is 15.9 Å². The van der Waals surface area contributed by atoms with Gasteiger partial charge in [-0.1, -0.05) is 53.7 Å². The number of halogens is 1. The Morgan fingerprint density at radius 2 is 1.80 bits per heavy atom. The van der Waals surface area contributed by atoms with Crippen LogP contribution in [0.1, 0.15) is 44.1 Å². The fraction of sp³-hybridized carbons (Fsp3) is 0.625. The predicted octanol–water partition coefficient (Wildman–Crippen LogP) is 4.50. The lowest BCUT2D eigenvalue weighted by Crippen LogP contribution is -2.31. The highest BCUT2D eigenvalue weighted by atomic mass is 79.9. The van der Waals surface area contributed by atoms with Crippen molar-refractivity contribution in [2.45, 2.75) is 50.3 Å². The molecule has 0 radical (unpaired) electrons. The molecule has 1 aromatic carbocycles. The number of rotatable bonds is 4. The first-order chi connectivity index (χ1) is 9.47. The quantitative estimate of drug-likeness (QED) is 0.586. The molecule has 20 heavy (non-hydrogen) atoms. The second-order valence-electron chi connectivity index (χ2n) is 6.12. The van der Waals surface area contributed by atoms with Gasteiger partial charge in [0.2, 0.25) is 0 Å². The Morgan fingerprint density at radius 3 is 2.35 bits per heavy atom. The second kappa shape index (κ2) is 6.61. The molecule has 0 amide bonds. The summed E-state index contributed by atoms with van der Waals surface area (Å²) in [4.78, 5) is 0.474. The maximum absolute atomic E-state index is 12.7. The lowest BCUT2D eigenvalue weighted by atomic mass is 9.85. The molecular weight excluding hydrogens is 336 g/mol. The highest BCUT2D eigenvalue weighted by Crippen LogP contribution is 2.39. The number of hydrogen-bond donors (Lipinski definition) is 0. The molecule has 0 saturated heterocycles. The molecule has 1 aromatic rings. The van der Waals surface area contributed by atoms with Crippen molar-refractivity contribution in [2.75, 3.05) is 11.1 Å². The van der Waals surface area contributed by atoms with Crippen LogP contribution in [0.15, 0.2) is 29.2 Å². The van der Waals surface area contributed by atoms with Crippen molar-refractivity contribution in [1.82, 2.24) is 0 Å². The summed E-state index contributed by atoms with van der Waals surface area (Å²) in [5.74, 6) is 0.273. The molecule has 0 unspecified atom stereocenters. The van der Waals surface area contributed by atoms with E-state index < -0.39 is 9.84 Å². The molecule has 2 rings (SSSR count). The summed E-state index contributed by atoms with van der Waals surface area (Å²) < 4.78 is 25.4. The van der Waals surface area contributed by atoms with E-state index in [4.69, 9.17) is 0 Å². The molecule has 0 atom stereocenters. The predicted molar refractivity (Wildman–Crippen MR) is 87.2 cm³/mol. The molecule has 1 aliphatic rings. The molecule has 0 bridgehead atoms. The summed E-state index contributed by atoms with van der Waals surface area (Å²) in [5, 5.41) is 0.783. The largest absolute Gasteiger partial charge is 0.224 e. The van der Waals surface area contributed by atoms with Crippen LogP contribution in [0, 0.1) is 12.3 Å². The van der Waals surface area contributed by atoms with E-state index in [1.54, 1.807) is 12.1 Å². The molecule has 0 heterocycles. The van der Waals surface area contributed by atoms with Gasteiger partial charge in [0, 0.05) is 5.33 Å². The van der Waals surface area contributed by atoms with Crippen LogP contribution in [-0.2, 0) is 9.84 Å². The molecule has 112 valence electrons. The van der Waals surface area contributed by atoms with Crippen LogP contribution >= 0.6 is 15.9 Å². The number of sulfone groups is 1. The molecule has 0 aromatic heterocycles. The van der Waals surface area contributed by atoms with Gasteiger partial charge < -0.3 is 0 Å². The van der Waals surface area contributed by atoms with E-state index in [1.807, 2.05) is 19.1 Å². The van der Waals surface area contributed by atoms with Crippen molar-refractivity contribution in [3.8, 4) is 0 Å². The molecule has 0 spiro atoms. The maximum Gasteiger partial charge on any atom is 0.178 e. The fourth-order valence-electron chi connectivity index (χ4n) is 3.09. The Bertz CT molecular complexity index is 543. The molecule has 1 fully saturated rings. The lowest BCUT2D eigenvalue weighted by Gasteiger charge is -2.30. The minimum atomic E-state index is -3.20. The molecule has 0 aliphatic heterocycles. The van der Waals surface area contributed by atoms with Crippen LogP contribution in [-0.4, -0.2) is 19.5 Å². The summed E-state index contributed by atoms with van der Waals surface area (Å²) in [6, 6.07) is 7.27. The second-order valence-corrected chi connectivity index (χ2v) is 8.67. The zero-order valence-corrected chi connectivity index (χ0v) is 14.5. The zero-order chi connectivity index (χ0) is 14.6. The third-order valence-corrected chi connectivity index (χ3v) is 7.45. The van der Waals surface area contributed by atoms with Crippen molar-refractivity contribution < 1.29 is 8.42 Å². The smallest absolute Gasteiger partial charge is 0.178 e. The lowest BCUT2D eigenvalue weighted by molar-refractivity contribution is 0.327. The van der Waals surface area contributed by atoms with Gasteiger partial charge >= 0.3 is 0 Å². The van der Waals surface area contributed by atoms with Gasteiger partial charge in [-0.25, -0.2) is 8.42 Å². The SMILES string of the molecule is Cc1cccc(S(=O)(=O)CC2(CBr)CCCCCC2)c1. The van der Waals surface area contributed by atoms with Gasteiger partial charge in [-0.15, -0.1) is 0 Å². The van der Waals surface area contributed by atoms with Gasteiger partial charge in [-0.05, 0) is 42.9 Å². The molecule has 4 heteroatoms. The Kier molecular flexibility index (Phi) is 5.30. The van der Waals surface area contributed by atoms with Crippen LogP contribution in [0.3, 0.4) is 0 Å². The van der Waals surface area contributed by atoms with Gasteiger partial charge in [-0.3, -0.25) is 0 Å². The Balaban J connectivity index is 2.25. The van der Waals surface area contributed by atoms with Gasteiger partial charge in [0.15, 0.2) is 9.84 Å². The average Bonchev–Trinajstić information content (AvgIpc) is 2.64. The summed E-state index contributed by atoms with van der Waals surface area (Å²) in [6.45, 7) is 1.94. The van der Waals surface area contributed by atoms with Crippen molar-refractivity contribution in [1.29, 1.82) is 0 Å². The molecule has 2 nitrogen and oxygen atoms in total. The molecule has 1 aliphatic carbocycles. The zero-order valence-electron chi connectivity index (χ0n) is 12.1. The van der Waals surface area contributed by atoms with Gasteiger partial charge in [0.05, 0.1) is 10.6 Å². The van der Waals surface area contributed by atoms with E-state index in [1.165, 1.54) is 12.8 Å². The third-order valence-electron chi connectivity index (χ3n) is 4.29.